The minimum atomic E-state index is -1.07. The SMILES string of the molecule is COc1cccc(NC(OC)C(=O)N2N=C(c3ccc(Cl)cc3)c3ccccc3-n3c(C)nnc32)c1. The Morgan fingerprint density at radius 2 is 1.78 bits per heavy atom. The molecule has 2 heterocycles. The summed E-state index contributed by atoms with van der Waals surface area (Å²) in [6, 6.07) is 22.2. The fraction of sp³-hybridized carbons (Fsp3) is 0.154. The number of ether oxygens (including phenoxy) is 2. The fourth-order valence-corrected chi connectivity index (χ4v) is 4.13. The van der Waals surface area contributed by atoms with Crippen molar-refractivity contribution in [2.24, 2.45) is 5.10 Å². The van der Waals surface area contributed by atoms with Crippen molar-refractivity contribution in [3.63, 3.8) is 0 Å². The van der Waals surface area contributed by atoms with Gasteiger partial charge in [-0.2, -0.15) is 10.1 Å². The van der Waals surface area contributed by atoms with Crippen molar-refractivity contribution < 1.29 is 14.3 Å². The van der Waals surface area contributed by atoms with Gasteiger partial charge < -0.3 is 14.8 Å². The molecule has 1 aliphatic rings. The van der Waals surface area contributed by atoms with Gasteiger partial charge in [-0.3, -0.25) is 9.36 Å². The first-order chi connectivity index (χ1) is 17.5. The number of benzene rings is 3. The summed E-state index contributed by atoms with van der Waals surface area (Å²) in [4.78, 5) is 13.9. The highest BCUT2D eigenvalue weighted by atomic mass is 35.5. The van der Waals surface area contributed by atoms with E-state index < -0.39 is 12.1 Å². The van der Waals surface area contributed by atoms with Crippen molar-refractivity contribution in [2.45, 2.75) is 13.2 Å². The summed E-state index contributed by atoms with van der Waals surface area (Å²) in [5.41, 5.74) is 3.63. The zero-order valence-electron chi connectivity index (χ0n) is 19.8. The van der Waals surface area contributed by atoms with Crippen LogP contribution in [0.1, 0.15) is 17.0 Å². The molecule has 5 rings (SSSR count). The Balaban J connectivity index is 1.63. The molecule has 0 saturated heterocycles. The quantitative estimate of drug-likeness (QED) is 0.392. The number of hydrogen-bond acceptors (Lipinski definition) is 7. The first-order valence-electron chi connectivity index (χ1n) is 11.1. The Kier molecular flexibility index (Phi) is 6.41. The van der Waals surface area contributed by atoms with Gasteiger partial charge in [-0.05, 0) is 37.3 Å². The predicted molar refractivity (Wildman–Crippen MR) is 138 cm³/mol. The van der Waals surface area contributed by atoms with Gasteiger partial charge in [0.1, 0.15) is 17.3 Å². The van der Waals surface area contributed by atoms with Crippen LogP contribution in [-0.4, -0.2) is 46.8 Å². The van der Waals surface area contributed by atoms with Crippen molar-refractivity contribution in [1.82, 2.24) is 14.8 Å². The van der Waals surface area contributed by atoms with Crippen molar-refractivity contribution in [3.05, 3.63) is 94.8 Å². The maximum absolute atomic E-state index is 13.9. The van der Waals surface area contributed by atoms with Gasteiger partial charge in [0.15, 0.2) is 0 Å². The average molecular weight is 503 g/mol. The van der Waals surface area contributed by atoms with E-state index in [0.29, 0.717) is 28.0 Å². The van der Waals surface area contributed by atoms with Gasteiger partial charge in [-0.1, -0.05) is 48.0 Å². The standard InChI is InChI=1S/C26H23ClN6O3/c1-16-29-30-26-32(16)22-10-5-4-9-21(22)23(17-11-13-18(27)14-12-17)31-33(26)25(34)24(36-3)28-19-7-6-8-20(15-19)35-2/h4-15,24,28H,1-3H3. The van der Waals surface area contributed by atoms with Crippen LogP contribution < -0.4 is 15.1 Å². The Hall–Kier alpha value is -4.21. The van der Waals surface area contributed by atoms with Gasteiger partial charge in [0.05, 0.1) is 12.8 Å². The van der Waals surface area contributed by atoms with E-state index in [-0.39, 0.29) is 5.95 Å². The number of methoxy groups -OCH3 is 2. The number of anilines is 2. The van der Waals surface area contributed by atoms with Crippen LogP contribution in [0.15, 0.2) is 77.9 Å². The lowest BCUT2D eigenvalue weighted by Gasteiger charge is -2.23. The van der Waals surface area contributed by atoms with E-state index in [2.05, 4.69) is 15.5 Å². The number of aromatic nitrogens is 3. The summed E-state index contributed by atoms with van der Waals surface area (Å²) >= 11 is 6.14. The minimum absolute atomic E-state index is 0.253. The molecule has 1 amide bonds. The molecule has 1 aromatic heterocycles. The number of nitrogens with zero attached hydrogens (tertiary/aromatic N) is 5. The van der Waals surface area contributed by atoms with Crippen molar-refractivity contribution in [3.8, 4) is 11.4 Å². The molecule has 9 nitrogen and oxygen atoms in total. The van der Waals surface area contributed by atoms with E-state index in [1.807, 2.05) is 61.5 Å². The first kappa shape index (κ1) is 23.5. The summed E-state index contributed by atoms with van der Waals surface area (Å²) in [5.74, 6) is 1.03. The summed E-state index contributed by atoms with van der Waals surface area (Å²) in [5, 5.41) is 18.3. The molecule has 0 saturated carbocycles. The lowest BCUT2D eigenvalue weighted by Crippen LogP contribution is -2.43. The highest BCUT2D eigenvalue weighted by molar-refractivity contribution is 6.30. The molecule has 0 spiro atoms. The largest absolute Gasteiger partial charge is 0.497 e. The lowest BCUT2D eigenvalue weighted by atomic mass is 10.0. The second kappa shape index (κ2) is 9.80. The Morgan fingerprint density at radius 3 is 2.53 bits per heavy atom. The van der Waals surface area contributed by atoms with Crippen LogP contribution >= 0.6 is 11.6 Å². The summed E-state index contributed by atoms with van der Waals surface area (Å²) < 4.78 is 12.6. The number of hydrogen-bond donors (Lipinski definition) is 1. The average Bonchev–Trinajstić information content (AvgIpc) is 3.21. The zero-order chi connectivity index (χ0) is 25.2. The number of fused-ring (bicyclic) bond motifs is 3. The van der Waals surface area contributed by atoms with Gasteiger partial charge in [0.2, 0.25) is 6.23 Å². The summed E-state index contributed by atoms with van der Waals surface area (Å²) in [6.07, 6.45) is -1.07. The van der Waals surface area contributed by atoms with Crippen LogP contribution in [0, 0.1) is 6.92 Å². The van der Waals surface area contributed by atoms with E-state index in [4.69, 9.17) is 26.2 Å². The molecule has 0 radical (unpaired) electrons. The van der Waals surface area contributed by atoms with Crippen LogP contribution in [0.2, 0.25) is 5.02 Å². The number of hydrazone groups is 1. The number of amides is 1. The van der Waals surface area contributed by atoms with E-state index >= 15 is 0 Å². The Labute approximate surface area is 212 Å². The van der Waals surface area contributed by atoms with E-state index in [1.54, 1.807) is 29.9 Å². The molecule has 1 atom stereocenters. The number of para-hydroxylation sites is 1. The topological polar surface area (TPSA) is 93.9 Å². The molecule has 1 aliphatic heterocycles. The monoisotopic (exact) mass is 502 g/mol. The van der Waals surface area contributed by atoms with Gasteiger partial charge in [-0.25, -0.2) is 0 Å². The number of carbonyl (C=O) groups is 1. The third kappa shape index (κ3) is 4.30. The molecule has 0 bridgehead atoms. The minimum Gasteiger partial charge on any atom is -0.497 e. The van der Waals surface area contributed by atoms with Crippen LogP contribution in [0.3, 0.4) is 0 Å². The number of rotatable bonds is 6. The highest BCUT2D eigenvalue weighted by Crippen LogP contribution is 2.30. The van der Waals surface area contributed by atoms with Crippen LogP contribution in [0.4, 0.5) is 11.6 Å². The number of halogens is 1. The van der Waals surface area contributed by atoms with E-state index in [0.717, 1.165) is 16.8 Å². The lowest BCUT2D eigenvalue weighted by molar-refractivity contribution is -0.126. The Morgan fingerprint density at radius 1 is 1.00 bits per heavy atom. The first-order valence-corrected chi connectivity index (χ1v) is 11.5. The van der Waals surface area contributed by atoms with E-state index in [9.17, 15) is 4.79 Å². The maximum Gasteiger partial charge on any atom is 0.300 e. The molecular weight excluding hydrogens is 480 g/mol. The van der Waals surface area contributed by atoms with Crippen LogP contribution in [0.25, 0.3) is 5.69 Å². The normalized spacial score (nSPS) is 13.2. The highest BCUT2D eigenvalue weighted by Gasteiger charge is 2.34. The molecule has 4 aromatic rings. The molecule has 182 valence electrons. The second-order valence-electron chi connectivity index (χ2n) is 8.00. The predicted octanol–water partition coefficient (Wildman–Crippen LogP) is 4.42. The molecule has 0 aliphatic carbocycles. The fourth-order valence-electron chi connectivity index (χ4n) is 4.00. The molecule has 3 aromatic carbocycles. The van der Waals surface area contributed by atoms with Gasteiger partial charge >= 0.3 is 0 Å². The van der Waals surface area contributed by atoms with Crippen molar-refractivity contribution in [2.75, 3.05) is 24.5 Å². The molecule has 1 N–H and O–H groups in total. The van der Waals surface area contributed by atoms with Gasteiger partial charge in [-0.15, -0.1) is 10.2 Å². The van der Waals surface area contributed by atoms with Crippen LogP contribution in [0.5, 0.6) is 5.75 Å². The number of nitrogens with one attached hydrogen (secondary N) is 1. The molecular formula is C26H23ClN6O3. The molecule has 36 heavy (non-hydrogen) atoms. The molecule has 0 fully saturated rings. The van der Waals surface area contributed by atoms with Crippen molar-refractivity contribution >= 4 is 34.9 Å². The second-order valence-corrected chi connectivity index (χ2v) is 8.43. The third-order valence-corrected chi connectivity index (χ3v) is 6.00. The molecule has 1 unspecified atom stereocenters. The summed E-state index contributed by atoms with van der Waals surface area (Å²) in [7, 11) is 3.03. The van der Waals surface area contributed by atoms with Gasteiger partial charge in [0.25, 0.3) is 11.9 Å². The van der Waals surface area contributed by atoms with Gasteiger partial charge in [0, 0.05) is 35.0 Å². The smallest absolute Gasteiger partial charge is 0.300 e. The van der Waals surface area contributed by atoms with Crippen LogP contribution in [-0.2, 0) is 9.53 Å². The number of carbonyl (C=O) groups excluding carboxylic acids is 1. The van der Waals surface area contributed by atoms with Crippen molar-refractivity contribution in [1.29, 1.82) is 0 Å². The Bertz CT molecular complexity index is 1450. The van der Waals surface area contributed by atoms with E-state index in [1.165, 1.54) is 12.1 Å². The summed E-state index contributed by atoms with van der Waals surface area (Å²) in [6.45, 7) is 1.82. The molecule has 10 heteroatoms. The number of aryl methyl sites for hydroxylation is 1. The zero-order valence-corrected chi connectivity index (χ0v) is 20.6. The maximum atomic E-state index is 13.9. The third-order valence-electron chi connectivity index (χ3n) is 5.75.